The standard InChI is InChI=1S/C6H10F2N2S/c1-2-3-9-6(11)10-4-5(7)8/h2,5H,1,3-4H2,(H2,9,10,11). The van der Waals surface area contributed by atoms with Gasteiger partial charge in [-0.3, -0.25) is 0 Å². The fourth-order valence-electron chi connectivity index (χ4n) is 0.397. The summed E-state index contributed by atoms with van der Waals surface area (Å²) in [6.07, 6.45) is -0.783. The van der Waals surface area contributed by atoms with Crippen molar-refractivity contribution in [3.05, 3.63) is 12.7 Å². The maximum Gasteiger partial charge on any atom is 0.255 e. The Bertz CT molecular complexity index is 139. The molecule has 11 heavy (non-hydrogen) atoms. The first kappa shape index (κ1) is 10.3. The van der Waals surface area contributed by atoms with Gasteiger partial charge in [-0.1, -0.05) is 6.08 Å². The molecule has 0 unspecified atom stereocenters. The number of nitrogens with one attached hydrogen (secondary N) is 2. The van der Waals surface area contributed by atoms with Crippen LogP contribution in [0.15, 0.2) is 12.7 Å². The molecule has 0 aliphatic rings. The predicted molar refractivity (Wildman–Crippen MR) is 44.8 cm³/mol. The number of thiocarbonyl (C=S) groups is 1. The minimum absolute atomic E-state index is 0.227. The Morgan fingerprint density at radius 2 is 2.18 bits per heavy atom. The van der Waals surface area contributed by atoms with Crippen molar-refractivity contribution in [2.75, 3.05) is 13.1 Å². The molecule has 5 heteroatoms. The highest BCUT2D eigenvalue weighted by molar-refractivity contribution is 7.80. The lowest BCUT2D eigenvalue weighted by atomic mass is 10.6. The summed E-state index contributed by atoms with van der Waals surface area (Å²) in [4.78, 5) is 0. The SMILES string of the molecule is C=CCNC(=S)NCC(F)F. The zero-order valence-corrected chi connectivity index (χ0v) is 6.76. The van der Waals surface area contributed by atoms with Gasteiger partial charge in [-0.25, -0.2) is 8.78 Å². The molecule has 2 N–H and O–H groups in total. The van der Waals surface area contributed by atoms with Crippen LogP contribution in [0.4, 0.5) is 8.78 Å². The number of halogens is 2. The zero-order chi connectivity index (χ0) is 8.69. The Balaban J connectivity index is 3.29. The topological polar surface area (TPSA) is 24.1 Å². The van der Waals surface area contributed by atoms with Gasteiger partial charge in [0.15, 0.2) is 5.11 Å². The van der Waals surface area contributed by atoms with E-state index in [1.165, 1.54) is 0 Å². The summed E-state index contributed by atoms with van der Waals surface area (Å²) in [5, 5.41) is 5.22. The van der Waals surface area contributed by atoms with Gasteiger partial charge >= 0.3 is 0 Å². The van der Waals surface area contributed by atoms with Gasteiger partial charge in [-0.05, 0) is 12.2 Å². The Kier molecular flexibility index (Phi) is 5.64. The van der Waals surface area contributed by atoms with E-state index in [9.17, 15) is 8.78 Å². The van der Waals surface area contributed by atoms with Crippen molar-refractivity contribution >= 4 is 17.3 Å². The lowest BCUT2D eigenvalue weighted by molar-refractivity contribution is 0.152. The highest BCUT2D eigenvalue weighted by Crippen LogP contribution is 1.86. The van der Waals surface area contributed by atoms with Crippen molar-refractivity contribution in [1.82, 2.24) is 10.6 Å². The second-order valence-corrected chi connectivity index (χ2v) is 2.18. The van der Waals surface area contributed by atoms with Crippen LogP contribution in [0.2, 0.25) is 0 Å². The van der Waals surface area contributed by atoms with Gasteiger partial charge in [0.05, 0.1) is 6.54 Å². The second kappa shape index (κ2) is 6.03. The van der Waals surface area contributed by atoms with Crippen LogP contribution in [0.1, 0.15) is 0 Å². The summed E-state index contributed by atoms with van der Waals surface area (Å²) in [6.45, 7) is 3.50. The van der Waals surface area contributed by atoms with Crippen molar-refractivity contribution in [2.24, 2.45) is 0 Å². The van der Waals surface area contributed by atoms with Gasteiger partial charge in [-0.15, -0.1) is 6.58 Å². The number of hydrogen-bond donors (Lipinski definition) is 2. The normalized spacial score (nSPS) is 9.36. The van der Waals surface area contributed by atoms with Crippen LogP contribution in [0.25, 0.3) is 0 Å². The first-order chi connectivity index (χ1) is 5.16. The Hall–Kier alpha value is -0.710. The van der Waals surface area contributed by atoms with Crippen LogP contribution in [-0.2, 0) is 0 Å². The third-order valence-corrected chi connectivity index (χ3v) is 1.11. The quantitative estimate of drug-likeness (QED) is 0.496. The number of hydrogen-bond acceptors (Lipinski definition) is 1. The van der Waals surface area contributed by atoms with Crippen LogP contribution in [0.3, 0.4) is 0 Å². The molecule has 0 rings (SSSR count). The lowest BCUT2D eigenvalue weighted by Gasteiger charge is -2.07. The fourth-order valence-corrected chi connectivity index (χ4v) is 0.564. The third-order valence-electron chi connectivity index (χ3n) is 0.824. The summed E-state index contributed by atoms with van der Waals surface area (Å²) in [5.41, 5.74) is 0. The number of alkyl halides is 2. The first-order valence-electron chi connectivity index (χ1n) is 3.07. The molecule has 0 amide bonds. The Labute approximate surface area is 69.7 Å². The molecule has 0 heterocycles. The molecule has 64 valence electrons. The van der Waals surface area contributed by atoms with E-state index in [2.05, 4.69) is 29.4 Å². The Morgan fingerprint density at radius 3 is 2.64 bits per heavy atom. The van der Waals surface area contributed by atoms with Crippen LogP contribution in [-0.4, -0.2) is 24.6 Å². The van der Waals surface area contributed by atoms with Crippen molar-refractivity contribution < 1.29 is 8.78 Å². The maximum absolute atomic E-state index is 11.5. The smallest absolute Gasteiger partial charge is 0.255 e. The summed E-state index contributed by atoms with van der Waals surface area (Å²) in [6, 6.07) is 0. The Morgan fingerprint density at radius 1 is 1.55 bits per heavy atom. The molecule has 0 aromatic heterocycles. The van der Waals surface area contributed by atoms with Gasteiger partial charge in [0.2, 0.25) is 0 Å². The first-order valence-corrected chi connectivity index (χ1v) is 3.48. The van der Waals surface area contributed by atoms with E-state index in [1.807, 2.05) is 0 Å². The average molecular weight is 180 g/mol. The van der Waals surface area contributed by atoms with E-state index in [4.69, 9.17) is 0 Å². The van der Waals surface area contributed by atoms with E-state index in [1.54, 1.807) is 6.08 Å². The van der Waals surface area contributed by atoms with Gasteiger partial charge in [0.1, 0.15) is 0 Å². The minimum atomic E-state index is -2.38. The maximum atomic E-state index is 11.5. The second-order valence-electron chi connectivity index (χ2n) is 1.77. The highest BCUT2D eigenvalue weighted by atomic mass is 32.1. The molecule has 0 aromatic carbocycles. The largest absolute Gasteiger partial charge is 0.359 e. The summed E-state index contributed by atoms with van der Waals surface area (Å²) >= 11 is 4.63. The highest BCUT2D eigenvalue weighted by Gasteiger charge is 2.01. The molecule has 0 aliphatic carbocycles. The molecule has 2 nitrogen and oxygen atoms in total. The van der Waals surface area contributed by atoms with Gasteiger partial charge in [0, 0.05) is 6.54 Å². The molecule has 0 aliphatic heterocycles. The van der Waals surface area contributed by atoms with Crippen LogP contribution in [0, 0.1) is 0 Å². The molecule has 0 fully saturated rings. The van der Waals surface area contributed by atoms with Crippen molar-refractivity contribution in [2.45, 2.75) is 6.43 Å². The summed E-state index contributed by atoms with van der Waals surface area (Å²) in [5.74, 6) is 0. The van der Waals surface area contributed by atoms with E-state index >= 15 is 0 Å². The van der Waals surface area contributed by atoms with Crippen LogP contribution >= 0.6 is 12.2 Å². The van der Waals surface area contributed by atoms with E-state index in [-0.39, 0.29) is 5.11 Å². The molecular weight excluding hydrogens is 170 g/mol. The molecule has 0 saturated heterocycles. The number of rotatable bonds is 4. The van der Waals surface area contributed by atoms with Gasteiger partial charge in [-0.2, -0.15) is 0 Å². The molecule has 0 bridgehead atoms. The van der Waals surface area contributed by atoms with Crippen molar-refractivity contribution in [1.29, 1.82) is 0 Å². The predicted octanol–water partition coefficient (Wildman–Crippen LogP) is 0.902. The summed E-state index contributed by atoms with van der Waals surface area (Å²) in [7, 11) is 0. The van der Waals surface area contributed by atoms with Crippen LogP contribution in [0.5, 0.6) is 0 Å². The van der Waals surface area contributed by atoms with Crippen molar-refractivity contribution in [3.63, 3.8) is 0 Å². The van der Waals surface area contributed by atoms with E-state index < -0.39 is 13.0 Å². The van der Waals surface area contributed by atoms with Gasteiger partial charge in [0.25, 0.3) is 6.43 Å². The lowest BCUT2D eigenvalue weighted by Crippen LogP contribution is -2.37. The monoisotopic (exact) mass is 180 g/mol. The molecule has 0 spiro atoms. The molecule has 0 atom stereocenters. The van der Waals surface area contributed by atoms with E-state index in [0.29, 0.717) is 6.54 Å². The zero-order valence-electron chi connectivity index (χ0n) is 5.94. The third kappa shape index (κ3) is 7.18. The minimum Gasteiger partial charge on any atom is -0.359 e. The molecular formula is C6H10F2N2S. The fraction of sp³-hybridized carbons (Fsp3) is 0.500. The van der Waals surface area contributed by atoms with Gasteiger partial charge < -0.3 is 10.6 Å². The summed E-state index contributed by atoms with van der Waals surface area (Å²) < 4.78 is 23.1. The molecule has 0 radical (unpaired) electrons. The molecule has 0 saturated carbocycles. The van der Waals surface area contributed by atoms with E-state index in [0.717, 1.165) is 0 Å². The van der Waals surface area contributed by atoms with Crippen LogP contribution < -0.4 is 10.6 Å². The average Bonchev–Trinajstić information content (AvgIpc) is 1.97. The molecule has 0 aromatic rings. The van der Waals surface area contributed by atoms with Crippen molar-refractivity contribution in [3.8, 4) is 0 Å².